The number of guanidine groups is 1. The molecule has 7 heteroatoms. The van der Waals surface area contributed by atoms with Gasteiger partial charge in [-0.15, -0.1) is 24.0 Å². The van der Waals surface area contributed by atoms with E-state index in [4.69, 9.17) is 0 Å². The summed E-state index contributed by atoms with van der Waals surface area (Å²) in [4.78, 5) is 4.44. The molecule has 0 saturated heterocycles. The van der Waals surface area contributed by atoms with E-state index in [9.17, 15) is 9.50 Å². The van der Waals surface area contributed by atoms with E-state index in [0.29, 0.717) is 24.6 Å². The molecule has 142 valence electrons. The Labute approximate surface area is 179 Å². The average Bonchev–Trinajstić information content (AvgIpc) is 2.63. The van der Waals surface area contributed by atoms with Crippen LogP contribution in [0.4, 0.5) is 4.39 Å². The van der Waals surface area contributed by atoms with Gasteiger partial charge in [0.2, 0.25) is 0 Å². The zero-order chi connectivity index (χ0) is 18.1. The maximum absolute atomic E-state index is 13.8. The van der Waals surface area contributed by atoms with Gasteiger partial charge in [-0.2, -0.15) is 0 Å². The zero-order valence-corrected chi connectivity index (χ0v) is 18.5. The van der Waals surface area contributed by atoms with Gasteiger partial charge in [0.15, 0.2) is 5.96 Å². The van der Waals surface area contributed by atoms with Gasteiger partial charge in [0.1, 0.15) is 5.82 Å². The van der Waals surface area contributed by atoms with Crippen LogP contribution in [0, 0.1) is 5.82 Å². The van der Waals surface area contributed by atoms with Gasteiger partial charge >= 0.3 is 0 Å². The highest BCUT2D eigenvalue weighted by atomic mass is 127. The summed E-state index contributed by atoms with van der Waals surface area (Å²) in [5.74, 6) is 0.282. The van der Waals surface area contributed by atoms with E-state index in [1.54, 1.807) is 12.1 Å². The highest BCUT2D eigenvalue weighted by Gasteiger charge is 2.11. The topological polar surface area (TPSA) is 56.7 Å². The molecule has 3 N–H and O–H groups in total. The monoisotopic (exact) mass is 535 g/mol. The molecule has 0 heterocycles. The molecule has 2 rings (SSSR count). The van der Waals surface area contributed by atoms with Crippen molar-refractivity contribution in [1.29, 1.82) is 0 Å². The molecule has 0 saturated carbocycles. The predicted octanol–water partition coefficient (Wildman–Crippen LogP) is 4.04. The molecule has 1 unspecified atom stereocenters. The number of benzene rings is 2. The van der Waals surface area contributed by atoms with E-state index in [0.717, 1.165) is 10.0 Å². The molecule has 0 amide bonds. The smallest absolute Gasteiger partial charge is 0.191 e. The van der Waals surface area contributed by atoms with Crippen molar-refractivity contribution in [2.45, 2.75) is 19.4 Å². The summed E-state index contributed by atoms with van der Waals surface area (Å²) in [6, 6.07) is 14.6. The summed E-state index contributed by atoms with van der Waals surface area (Å²) >= 11 is 3.34. The van der Waals surface area contributed by atoms with E-state index in [1.807, 2.05) is 37.3 Å². The largest absolute Gasteiger partial charge is 0.396 e. The lowest BCUT2D eigenvalue weighted by molar-refractivity contribution is 0.265. The number of aliphatic hydroxyl groups is 1. The van der Waals surface area contributed by atoms with Crippen LogP contribution in [0.2, 0.25) is 0 Å². The highest BCUT2D eigenvalue weighted by molar-refractivity contribution is 14.0. The van der Waals surface area contributed by atoms with Crippen LogP contribution in [0.25, 0.3) is 0 Å². The predicted molar refractivity (Wildman–Crippen MR) is 119 cm³/mol. The molecule has 4 nitrogen and oxygen atoms in total. The number of nitrogens with zero attached hydrogens (tertiary/aromatic N) is 1. The molecule has 2 aromatic carbocycles. The standard InChI is InChI=1S/C19H23BrFN3O.HI/c1-2-22-19(23-11-15-10-17(20)8-9-18(15)21)24-12-16(13-25)14-6-4-3-5-7-14;/h3-10,16,25H,2,11-13H2,1H3,(H2,22,23,24);1H. The molecule has 2 aromatic rings. The molecule has 26 heavy (non-hydrogen) atoms. The Morgan fingerprint density at radius 1 is 1.19 bits per heavy atom. The fraction of sp³-hybridized carbons (Fsp3) is 0.316. The van der Waals surface area contributed by atoms with Crippen LogP contribution in [0.5, 0.6) is 0 Å². The second-order valence-electron chi connectivity index (χ2n) is 5.60. The number of hydrogen-bond acceptors (Lipinski definition) is 2. The fourth-order valence-corrected chi connectivity index (χ4v) is 2.81. The van der Waals surface area contributed by atoms with Crippen LogP contribution < -0.4 is 10.6 Å². The van der Waals surface area contributed by atoms with Gasteiger partial charge in [-0.05, 0) is 30.7 Å². The first kappa shape index (κ1) is 22.9. The van der Waals surface area contributed by atoms with E-state index in [1.165, 1.54) is 6.07 Å². The number of nitrogens with one attached hydrogen (secondary N) is 2. The average molecular weight is 536 g/mol. The molecule has 0 aromatic heterocycles. The van der Waals surface area contributed by atoms with Gasteiger partial charge in [-0.1, -0.05) is 46.3 Å². The molecule has 0 radical (unpaired) electrons. The first-order valence-electron chi connectivity index (χ1n) is 8.26. The van der Waals surface area contributed by atoms with Crippen molar-refractivity contribution in [1.82, 2.24) is 10.6 Å². The second kappa shape index (κ2) is 12.2. The maximum atomic E-state index is 13.8. The van der Waals surface area contributed by atoms with Crippen molar-refractivity contribution in [3.8, 4) is 0 Å². The van der Waals surface area contributed by atoms with Crippen molar-refractivity contribution in [3.63, 3.8) is 0 Å². The summed E-state index contributed by atoms with van der Waals surface area (Å²) < 4.78 is 14.7. The summed E-state index contributed by atoms with van der Waals surface area (Å²) in [6.07, 6.45) is 0. The molecule has 0 aliphatic carbocycles. The molecular formula is C19H24BrFIN3O. The minimum atomic E-state index is -0.277. The van der Waals surface area contributed by atoms with Crippen molar-refractivity contribution in [3.05, 3.63) is 69.9 Å². The van der Waals surface area contributed by atoms with Gasteiger partial charge in [-0.3, -0.25) is 0 Å². The molecule has 1 atom stereocenters. The Kier molecular flexibility index (Phi) is 10.8. The minimum Gasteiger partial charge on any atom is -0.396 e. The lowest BCUT2D eigenvalue weighted by Crippen LogP contribution is -2.40. The van der Waals surface area contributed by atoms with Gasteiger partial charge in [-0.25, -0.2) is 9.38 Å². The maximum Gasteiger partial charge on any atom is 0.191 e. The van der Waals surface area contributed by atoms with Crippen LogP contribution in [0.3, 0.4) is 0 Å². The molecule has 0 aliphatic heterocycles. The Morgan fingerprint density at radius 2 is 1.92 bits per heavy atom. The van der Waals surface area contributed by atoms with Crippen LogP contribution in [0.15, 0.2) is 58.0 Å². The van der Waals surface area contributed by atoms with E-state index in [-0.39, 0.29) is 48.9 Å². The number of hydrogen-bond donors (Lipinski definition) is 3. The normalized spacial score (nSPS) is 12.2. The van der Waals surface area contributed by atoms with Crippen molar-refractivity contribution < 1.29 is 9.50 Å². The summed E-state index contributed by atoms with van der Waals surface area (Å²) in [6.45, 7) is 3.47. The van der Waals surface area contributed by atoms with Gasteiger partial charge in [0, 0.05) is 29.0 Å². The van der Waals surface area contributed by atoms with E-state index < -0.39 is 0 Å². The first-order valence-corrected chi connectivity index (χ1v) is 9.05. The fourth-order valence-electron chi connectivity index (χ4n) is 2.40. The number of aliphatic imine (C=N–C) groups is 1. The lowest BCUT2D eigenvalue weighted by atomic mass is 10.0. The lowest BCUT2D eigenvalue weighted by Gasteiger charge is -2.18. The third-order valence-corrected chi connectivity index (χ3v) is 4.26. The van der Waals surface area contributed by atoms with E-state index in [2.05, 4.69) is 31.6 Å². The van der Waals surface area contributed by atoms with Crippen LogP contribution in [-0.4, -0.2) is 30.8 Å². The molecular weight excluding hydrogens is 512 g/mol. The van der Waals surface area contributed by atoms with E-state index >= 15 is 0 Å². The van der Waals surface area contributed by atoms with Crippen LogP contribution in [0.1, 0.15) is 24.0 Å². The second-order valence-corrected chi connectivity index (χ2v) is 6.52. The Hall–Kier alpha value is -1.19. The van der Waals surface area contributed by atoms with Crippen molar-refractivity contribution in [2.75, 3.05) is 19.7 Å². The number of halogens is 3. The number of aliphatic hydroxyl groups excluding tert-OH is 1. The highest BCUT2D eigenvalue weighted by Crippen LogP contribution is 2.16. The first-order chi connectivity index (χ1) is 12.1. The summed E-state index contributed by atoms with van der Waals surface area (Å²) in [5, 5.41) is 16.0. The van der Waals surface area contributed by atoms with Gasteiger partial charge in [0.25, 0.3) is 0 Å². The van der Waals surface area contributed by atoms with Crippen LogP contribution >= 0.6 is 39.9 Å². The van der Waals surface area contributed by atoms with Crippen LogP contribution in [-0.2, 0) is 6.54 Å². The summed E-state index contributed by atoms with van der Waals surface area (Å²) in [5.41, 5.74) is 1.58. The van der Waals surface area contributed by atoms with Crippen molar-refractivity contribution >= 4 is 45.9 Å². The quantitative estimate of drug-likeness (QED) is 0.285. The Bertz CT molecular complexity index is 700. The Balaban J connectivity index is 0.00000338. The SMILES string of the molecule is CCNC(=NCc1cc(Br)ccc1F)NCC(CO)c1ccccc1.I. The molecule has 0 spiro atoms. The van der Waals surface area contributed by atoms with Gasteiger partial charge in [0.05, 0.1) is 13.2 Å². The third kappa shape index (κ3) is 7.20. The Morgan fingerprint density at radius 3 is 2.58 bits per heavy atom. The van der Waals surface area contributed by atoms with Crippen molar-refractivity contribution in [2.24, 2.45) is 4.99 Å². The molecule has 0 aliphatic rings. The molecule has 0 bridgehead atoms. The summed E-state index contributed by atoms with van der Waals surface area (Å²) in [7, 11) is 0. The van der Waals surface area contributed by atoms with Gasteiger partial charge < -0.3 is 15.7 Å². The molecule has 0 fully saturated rings. The number of rotatable bonds is 7. The minimum absolute atomic E-state index is 0. The third-order valence-electron chi connectivity index (χ3n) is 3.77. The zero-order valence-electron chi connectivity index (χ0n) is 14.6.